The summed E-state index contributed by atoms with van der Waals surface area (Å²) < 4.78 is 61.0. The second kappa shape index (κ2) is 69.6. The highest BCUT2D eigenvalue weighted by Gasteiger charge is 2.29. The van der Waals surface area contributed by atoms with E-state index in [1.54, 1.807) is 0 Å². The maximum absolute atomic E-state index is 12.9. The molecule has 18 heteroatoms. The van der Waals surface area contributed by atoms with Crippen LogP contribution in [0.4, 0.5) is 0 Å². The van der Waals surface area contributed by atoms with Gasteiger partial charge in [0.1, 0.15) is 25.4 Å². The van der Waals surface area contributed by atoms with E-state index in [0.29, 0.717) is 19.3 Å². The highest BCUT2D eigenvalue weighted by atomic mass is 31.2. The predicted octanol–water partition coefficient (Wildman–Crippen LogP) is 20.8. The zero-order valence-electron chi connectivity index (χ0n) is 59.0. The number of aliphatic hydroxyl groups excluding tert-OH is 2. The topological polar surface area (TPSA) is 231 Å². The SMILES string of the molecule is CC/C=C\C/C=C\C/C=C\C/C=C\C/C=C\C/C=C\CCCCCCCCC(=O)OCC(O)COP(=O)(O)OCC(O)COP(=O)(O)OCC(COC(=O)CCCCC/C=C\C/C=C\C/C=C\C/C=C\C/C=C\CC)OC(=O)CCCCCCCCCCCCCCCCC. The quantitative estimate of drug-likeness (QED) is 0.0146. The van der Waals surface area contributed by atoms with Crippen LogP contribution in [0.3, 0.4) is 0 Å². The lowest BCUT2D eigenvalue weighted by Gasteiger charge is -2.21. The molecule has 5 unspecified atom stereocenters. The Kier molecular flexibility index (Phi) is 66.4. The zero-order valence-corrected chi connectivity index (χ0v) is 60.8. The van der Waals surface area contributed by atoms with E-state index < -0.39 is 91.5 Å². The smallest absolute Gasteiger partial charge is 0.463 e. The molecule has 0 aliphatic carbocycles. The normalized spacial score (nSPS) is 14.9. The van der Waals surface area contributed by atoms with Crippen molar-refractivity contribution in [1.82, 2.24) is 0 Å². The molecule has 0 spiro atoms. The fourth-order valence-corrected chi connectivity index (χ4v) is 10.9. The van der Waals surface area contributed by atoms with E-state index in [1.165, 1.54) is 64.2 Å². The molecule has 0 fully saturated rings. The van der Waals surface area contributed by atoms with Crippen LogP contribution in [0.5, 0.6) is 0 Å². The number of hydrogen-bond acceptors (Lipinski definition) is 14. The monoisotopic (exact) mass is 1370 g/mol. The highest BCUT2D eigenvalue weighted by Crippen LogP contribution is 2.45. The van der Waals surface area contributed by atoms with Gasteiger partial charge in [-0.25, -0.2) is 9.13 Å². The first-order valence-electron chi connectivity index (χ1n) is 36.5. The van der Waals surface area contributed by atoms with Crippen LogP contribution in [-0.4, -0.2) is 95.9 Å². The van der Waals surface area contributed by atoms with E-state index in [1.807, 2.05) is 0 Å². The van der Waals surface area contributed by atoms with E-state index in [0.717, 1.165) is 154 Å². The predicted molar refractivity (Wildman–Crippen MR) is 390 cm³/mol. The van der Waals surface area contributed by atoms with E-state index in [9.17, 15) is 43.5 Å². The lowest BCUT2D eigenvalue weighted by atomic mass is 10.0. The third kappa shape index (κ3) is 70.8. The number of unbranched alkanes of at least 4 members (excludes halogenated alkanes) is 23. The van der Waals surface area contributed by atoms with Crippen molar-refractivity contribution in [3.63, 3.8) is 0 Å². The molecule has 0 rings (SSSR count). The van der Waals surface area contributed by atoms with Crippen molar-refractivity contribution in [2.75, 3.05) is 39.6 Å². The minimum Gasteiger partial charge on any atom is -0.463 e. The van der Waals surface area contributed by atoms with E-state index in [-0.39, 0.29) is 19.3 Å². The molecular weight excluding hydrogens is 1240 g/mol. The van der Waals surface area contributed by atoms with Crippen molar-refractivity contribution in [3.8, 4) is 0 Å². The fourth-order valence-electron chi connectivity index (χ4n) is 9.36. The Morgan fingerprint density at radius 1 is 0.305 bits per heavy atom. The number of esters is 3. The summed E-state index contributed by atoms with van der Waals surface area (Å²) in [6.45, 7) is 2.39. The average Bonchev–Trinajstić information content (AvgIpc) is 2.24. The number of ether oxygens (including phenoxy) is 3. The van der Waals surface area contributed by atoms with Gasteiger partial charge < -0.3 is 34.2 Å². The third-order valence-corrected chi connectivity index (χ3v) is 16.8. The van der Waals surface area contributed by atoms with Gasteiger partial charge in [-0.05, 0) is 116 Å². The number of aliphatic hydroxyl groups is 2. The van der Waals surface area contributed by atoms with Gasteiger partial charge in [0, 0.05) is 19.3 Å². The summed E-state index contributed by atoms with van der Waals surface area (Å²) in [6, 6.07) is 0. The molecule has 0 aromatic carbocycles. The fraction of sp³-hybridized carbons (Fsp3) is 0.675. The van der Waals surface area contributed by atoms with Crippen molar-refractivity contribution < 1.29 is 75.8 Å². The number of rotatable bonds is 68. The number of phosphoric ester groups is 2. The van der Waals surface area contributed by atoms with Gasteiger partial charge in [-0.3, -0.25) is 32.5 Å². The molecule has 0 heterocycles. The van der Waals surface area contributed by atoms with Crippen molar-refractivity contribution in [3.05, 3.63) is 134 Å². The van der Waals surface area contributed by atoms with Gasteiger partial charge in [-0.2, -0.15) is 0 Å². The molecule has 0 aliphatic rings. The Morgan fingerprint density at radius 2 is 0.558 bits per heavy atom. The molecule has 0 radical (unpaired) electrons. The zero-order chi connectivity index (χ0) is 69.5. The van der Waals surface area contributed by atoms with Crippen molar-refractivity contribution in [1.29, 1.82) is 0 Å². The summed E-state index contributed by atoms with van der Waals surface area (Å²) in [5, 5.41) is 20.6. The molecule has 0 saturated carbocycles. The first-order valence-corrected chi connectivity index (χ1v) is 39.5. The minimum absolute atomic E-state index is 0.0969. The van der Waals surface area contributed by atoms with Crippen molar-refractivity contribution in [2.24, 2.45) is 0 Å². The van der Waals surface area contributed by atoms with Crippen molar-refractivity contribution in [2.45, 2.75) is 296 Å². The number of phosphoric acid groups is 2. The maximum atomic E-state index is 12.9. The lowest BCUT2D eigenvalue weighted by molar-refractivity contribution is -0.161. The molecule has 0 saturated heterocycles. The first-order chi connectivity index (χ1) is 46.2. The molecule has 0 aromatic rings. The van der Waals surface area contributed by atoms with Gasteiger partial charge in [-0.15, -0.1) is 0 Å². The molecule has 0 aliphatic heterocycles. The van der Waals surface area contributed by atoms with Gasteiger partial charge in [0.05, 0.1) is 26.4 Å². The summed E-state index contributed by atoms with van der Waals surface area (Å²) in [5.41, 5.74) is 0. The molecule has 0 bridgehead atoms. The van der Waals surface area contributed by atoms with Gasteiger partial charge >= 0.3 is 33.6 Å². The van der Waals surface area contributed by atoms with Gasteiger partial charge in [0.2, 0.25) is 0 Å². The van der Waals surface area contributed by atoms with Crippen LogP contribution < -0.4 is 0 Å². The maximum Gasteiger partial charge on any atom is 0.472 e. The van der Waals surface area contributed by atoms with Crippen LogP contribution in [-0.2, 0) is 55.8 Å². The van der Waals surface area contributed by atoms with Crippen LogP contribution in [0, 0.1) is 0 Å². The summed E-state index contributed by atoms with van der Waals surface area (Å²) >= 11 is 0. The number of hydrogen-bond donors (Lipinski definition) is 4. The van der Waals surface area contributed by atoms with Crippen molar-refractivity contribution >= 4 is 33.6 Å². The Morgan fingerprint density at radius 3 is 0.895 bits per heavy atom. The number of carbonyl (C=O) groups excluding carboxylic acids is 3. The molecule has 95 heavy (non-hydrogen) atoms. The highest BCUT2D eigenvalue weighted by molar-refractivity contribution is 7.47. The standard InChI is InChI=1S/C77H130O16P2/c1-4-7-10-13-16-19-22-25-28-30-32-33-34-35-36-37-39-41-43-45-48-51-54-57-60-63-75(80)87-66-72(78)67-89-94(83,84)90-68-73(79)69-91-95(85,86)92-71-74(93-77(82)65-62-59-56-53-50-47-42-27-24-21-18-15-12-9-6-3)70-88-76(81)64-61-58-55-52-49-46-44-40-38-31-29-26-23-20-17-14-11-8-5-2/h7-8,10-11,16-17,19-20,25-26,28-29,32-33,35-36,38-41,46,49,72-74,78-79H,4-6,9,12-15,18,21-24,27,30-31,34,37,42-45,47-48,50-71H2,1-3H3,(H,83,84)(H,85,86)/b10-7-,11-8-,19-16-,20-17-,28-25-,29-26-,33-32-,36-35-,40-38-,41-39-,49-46-. The van der Waals surface area contributed by atoms with Crippen LogP contribution >= 0.6 is 15.6 Å². The number of allylic oxidation sites excluding steroid dienone is 22. The molecular formula is C77H130O16P2. The van der Waals surface area contributed by atoms with E-state index in [2.05, 4.69) is 154 Å². The second-order valence-electron chi connectivity index (χ2n) is 24.0. The summed E-state index contributed by atoms with van der Waals surface area (Å²) in [5.74, 6) is -1.62. The van der Waals surface area contributed by atoms with Crippen LogP contribution in [0.25, 0.3) is 0 Å². The Bertz CT molecular complexity index is 2260. The first kappa shape index (κ1) is 90.7. The molecule has 4 N–H and O–H groups in total. The second-order valence-corrected chi connectivity index (χ2v) is 26.9. The molecule has 544 valence electrons. The largest absolute Gasteiger partial charge is 0.472 e. The Labute approximate surface area is 575 Å². The van der Waals surface area contributed by atoms with Gasteiger partial charge in [-0.1, -0.05) is 276 Å². The minimum atomic E-state index is -4.94. The molecule has 0 aromatic heterocycles. The summed E-state index contributed by atoms with van der Waals surface area (Å²) in [4.78, 5) is 58.5. The van der Waals surface area contributed by atoms with Crippen LogP contribution in [0.2, 0.25) is 0 Å². The molecule has 0 amide bonds. The van der Waals surface area contributed by atoms with E-state index >= 15 is 0 Å². The number of carbonyl (C=O) groups is 3. The summed E-state index contributed by atoms with van der Waals surface area (Å²) in [7, 11) is -9.80. The van der Waals surface area contributed by atoms with Crippen LogP contribution in [0.15, 0.2) is 134 Å². The molecule has 16 nitrogen and oxygen atoms in total. The Balaban J connectivity index is 4.65. The van der Waals surface area contributed by atoms with Gasteiger partial charge in [0.15, 0.2) is 6.10 Å². The summed E-state index contributed by atoms with van der Waals surface area (Å²) in [6.07, 6.45) is 82.1. The van der Waals surface area contributed by atoms with Gasteiger partial charge in [0.25, 0.3) is 0 Å². The molecule has 5 atom stereocenters. The Hall–Kier alpha value is -4.31. The van der Waals surface area contributed by atoms with E-state index in [4.69, 9.17) is 32.3 Å². The third-order valence-electron chi connectivity index (χ3n) is 14.9. The average molecular weight is 1370 g/mol. The van der Waals surface area contributed by atoms with Crippen LogP contribution in [0.1, 0.15) is 278 Å². The lowest BCUT2D eigenvalue weighted by Crippen LogP contribution is -2.30.